The molecule has 0 radical (unpaired) electrons. The number of halogens is 2. The zero-order valence-corrected chi connectivity index (χ0v) is 29.2. The van der Waals surface area contributed by atoms with E-state index < -0.39 is 24.3 Å². The average molecular weight is 779 g/mol. The van der Waals surface area contributed by atoms with Crippen molar-refractivity contribution in [1.29, 1.82) is 0 Å². The molecule has 0 aliphatic carbocycles. The van der Waals surface area contributed by atoms with Crippen LogP contribution < -0.4 is 35.0 Å². The summed E-state index contributed by atoms with van der Waals surface area (Å²) in [7, 11) is 1.27. The molecule has 0 bridgehead atoms. The molecule has 0 unspecified atom stereocenters. The minimum absolute atomic E-state index is 0.161. The van der Waals surface area contributed by atoms with E-state index in [2.05, 4.69) is 43.8 Å². The molecule has 0 saturated carbocycles. The Morgan fingerprint density at radius 1 is 1.06 bits per heavy atom. The van der Waals surface area contributed by atoms with Crippen molar-refractivity contribution in [1.82, 2.24) is 16.1 Å². The van der Waals surface area contributed by atoms with Crippen molar-refractivity contribution in [2.45, 2.75) is 39.6 Å². The molecule has 3 aromatic rings. The number of carbonyl (C=O) groups excluding carboxylic acids is 2. The zero-order valence-electron chi connectivity index (χ0n) is 26.3. The first-order valence-corrected chi connectivity index (χ1v) is 16.1. The molecule has 0 aromatic heterocycles. The number of amides is 2. The van der Waals surface area contributed by atoms with Gasteiger partial charge in [-0.2, -0.15) is 5.10 Å². The number of nitrogens with zero attached hydrogens (tertiary/aromatic N) is 1. The second kappa shape index (κ2) is 17.1. The van der Waals surface area contributed by atoms with Crippen molar-refractivity contribution < 1.29 is 38.4 Å². The first-order valence-electron chi connectivity index (χ1n) is 14.7. The molecule has 14 heteroatoms. The lowest BCUT2D eigenvalue weighted by Gasteiger charge is -2.28. The molecule has 0 fully saturated rings. The van der Waals surface area contributed by atoms with Gasteiger partial charge in [-0.15, -0.1) is 0 Å². The normalized spacial score (nSPS) is 15.0. The van der Waals surface area contributed by atoms with Crippen molar-refractivity contribution in [3.8, 4) is 23.0 Å². The summed E-state index contributed by atoms with van der Waals surface area (Å²) >= 11 is 8.27. The molecule has 4 rings (SSSR count). The number of allylic oxidation sites excluding steroid dienone is 1. The first kappa shape index (κ1) is 35.6. The molecular weight excluding hydrogens is 743 g/mol. The summed E-state index contributed by atoms with van der Waals surface area (Å²) < 4.78 is 29.2. The van der Waals surface area contributed by atoms with Crippen LogP contribution in [0.4, 0.5) is 4.79 Å². The maximum atomic E-state index is 12.5. The molecule has 2 amide bonds. The van der Waals surface area contributed by atoms with Crippen molar-refractivity contribution in [2.75, 3.05) is 26.9 Å². The van der Waals surface area contributed by atoms with Crippen molar-refractivity contribution in [3.63, 3.8) is 0 Å². The highest BCUT2D eigenvalue weighted by molar-refractivity contribution is 14.1. The highest BCUT2D eigenvalue weighted by Crippen LogP contribution is 2.36. The van der Waals surface area contributed by atoms with Crippen LogP contribution in [0.25, 0.3) is 0 Å². The third-order valence-corrected chi connectivity index (χ3v) is 7.75. The Bertz CT molecular complexity index is 1650. The Kier molecular flexibility index (Phi) is 13.0. The molecule has 250 valence electrons. The number of nitrogens with one attached hydrogen (secondary N) is 3. The molecule has 47 heavy (non-hydrogen) atoms. The number of rotatable bonds is 15. The van der Waals surface area contributed by atoms with Crippen LogP contribution in [0.3, 0.4) is 0 Å². The average Bonchev–Trinajstić information content (AvgIpc) is 3.03. The molecule has 1 aliphatic heterocycles. The van der Waals surface area contributed by atoms with Crippen LogP contribution in [0.5, 0.6) is 23.0 Å². The maximum absolute atomic E-state index is 12.5. The minimum Gasteiger partial charge on any atom is -0.490 e. The van der Waals surface area contributed by atoms with Gasteiger partial charge in [-0.25, -0.2) is 9.59 Å². The van der Waals surface area contributed by atoms with Crippen LogP contribution in [0, 0.1) is 3.57 Å². The zero-order chi connectivity index (χ0) is 33.9. The van der Waals surface area contributed by atoms with Crippen LogP contribution in [0.2, 0.25) is 5.02 Å². The Morgan fingerprint density at radius 2 is 1.83 bits per heavy atom. The molecule has 0 saturated heterocycles. The molecule has 1 heterocycles. The van der Waals surface area contributed by atoms with Crippen LogP contribution in [-0.2, 0) is 16.1 Å². The lowest BCUT2D eigenvalue weighted by molar-refractivity contribution is -0.136. The number of benzene rings is 3. The number of aliphatic hydroxyl groups is 1. The van der Waals surface area contributed by atoms with Crippen LogP contribution in [0.1, 0.15) is 43.5 Å². The fraction of sp³-hybridized carbons (Fsp3) is 0.303. The third kappa shape index (κ3) is 9.65. The summed E-state index contributed by atoms with van der Waals surface area (Å²) in [5.74, 6) is 1.32. The van der Waals surface area contributed by atoms with E-state index in [1.54, 1.807) is 37.4 Å². The highest BCUT2D eigenvalue weighted by atomic mass is 127. The Labute approximate surface area is 291 Å². The number of hydrazone groups is 1. The minimum atomic E-state index is -1.16. The van der Waals surface area contributed by atoms with Gasteiger partial charge >= 0.3 is 12.0 Å². The largest absolute Gasteiger partial charge is 0.490 e. The van der Waals surface area contributed by atoms with E-state index in [-0.39, 0.29) is 12.2 Å². The van der Waals surface area contributed by atoms with Gasteiger partial charge in [0.1, 0.15) is 13.2 Å². The van der Waals surface area contributed by atoms with Crippen LogP contribution >= 0.6 is 34.2 Å². The van der Waals surface area contributed by atoms with Crippen molar-refractivity contribution >= 4 is 52.4 Å². The van der Waals surface area contributed by atoms with Gasteiger partial charge in [0.15, 0.2) is 29.2 Å². The van der Waals surface area contributed by atoms with Crippen LogP contribution in [-0.4, -0.2) is 56.5 Å². The molecule has 1 aliphatic rings. The number of aliphatic hydroxyl groups excluding tert-OH is 1. The Morgan fingerprint density at radius 3 is 2.55 bits per heavy atom. The maximum Gasteiger partial charge on any atom is 0.337 e. The standard InChI is InChI=1S/C33H36ClIN4O8/c1-5-44-26-15-22(30-29(32(41)43-4)19(3)37-33(42)38-30)10-11-25(26)46-18-28(40)39-36-16-21-13-24(35)31(27(14-21)45-6-2)47-17-20-8-7-9-23(34)12-20/h7-16,28,30,39-40H,5-6,17-18H2,1-4H3,(H2,37,38,42)/b36-16+/t28-,30-/m1/s1. The molecule has 0 spiro atoms. The van der Waals surface area contributed by atoms with Gasteiger partial charge in [-0.1, -0.05) is 29.8 Å². The van der Waals surface area contributed by atoms with Crippen molar-refractivity contribution in [2.24, 2.45) is 5.10 Å². The van der Waals surface area contributed by atoms with Gasteiger partial charge < -0.3 is 39.4 Å². The van der Waals surface area contributed by atoms with Gasteiger partial charge in [-0.05, 0) is 96.5 Å². The second-order valence-corrected chi connectivity index (χ2v) is 11.7. The molecular formula is C33H36ClIN4O8. The predicted molar refractivity (Wildman–Crippen MR) is 185 cm³/mol. The Balaban J connectivity index is 1.40. The number of urea groups is 1. The number of methoxy groups -OCH3 is 1. The SMILES string of the molecule is CCOc1cc([C@H]2NC(=O)NC(C)=C2C(=O)OC)ccc1OC[C@@H](O)N/N=C/c1cc(I)c(OCc2cccc(Cl)c2)c(OCC)c1. The van der Waals surface area contributed by atoms with E-state index in [0.29, 0.717) is 59.1 Å². The second-order valence-electron chi connectivity index (χ2n) is 10.1. The summed E-state index contributed by atoms with van der Waals surface area (Å²) in [6, 6.07) is 14.9. The third-order valence-electron chi connectivity index (χ3n) is 6.71. The summed E-state index contributed by atoms with van der Waals surface area (Å²) in [6.07, 6.45) is 0.392. The van der Waals surface area contributed by atoms with Gasteiger partial charge in [0.25, 0.3) is 0 Å². The van der Waals surface area contributed by atoms with Gasteiger partial charge in [0, 0.05) is 10.7 Å². The van der Waals surface area contributed by atoms with Crippen molar-refractivity contribution in [3.05, 3.63) is 91.2 Å². The van der Waals surface area contributed by atoms with Crippen LogP contribution in [0.15, 0.2) is 71.0 Å². The first-order chi connectivity index (χ1) is 22.6. The number of hydrogen-bond donors (Lipinski definition) is 4. The van der Waals surface area contributed by atoms with Gasteiger partial charge in [0.05, 0.1) is 41.7 Å². The van der Waals surface area contributed by atoms with E-state index >= 15 is 0 Å². The number of hydrogen-bond acceptors (Lipinski definition) is 10. The lowest BCUT2D eigenvalue weighted by Crippen LogP contribution is -2.45. The van der Waals surface area contributed by atoms with Gasteiger partial charge in [-0.3, -0.25) is 5.43 Å². The quantitative estimate of drug-likeness (QED) is 0.0521. The van der Waals surface area contributed by atoms with E-state index in [1.165, 1.54) is 7.11 Å². The summed E-state index contributed by atoms with van der Waals surface area (Å²) in [4.78, 5) is 24.7. The van der Waals surface area contributed by atoms with E-state index in [1.807, 2.05) is 44.2 Å². The highest BCUT2D eigenvalue weighted by Gasteiger charge is 2.32. The Hall–Kier alpha value is -4.21. The monoisotopic (exact) mass is 778 g/mol. The van der Waals surface area contributed by atoms with E-state index in [9.17, 15) is 14.7 Å². The molecule has 4 N–H and O–H groups in total. The smallest absolute Gasteiger partial charge is 0.337 e. The van der Waals surface area contributed by atoms with E-state index in [4.69, 9.17) is 35.3 Å². The topological polar surface area (TPSA) is 149 Å². The molecule has 2 atom stereocenters. The van der Waals surface area contributed by atoms with Gasteiger partial charge in [0.2, 0.25) is 0 Å². The molecule has 3 aromatic carbocycles. The predicted octanol–water partition coefficient (Wildman–Crippen LogP) is 5.44. The fourth-order valence-corrected chi connectivity index (χ4v) is 5.66. The number of ether oxygens (including phenoxy) is 5. The number of carbonyl (C=O) groups is 2. The summed E-state index contributed by atoms with van der Waals surface area (Å²) in [5.41, 5.74) is 5.55. The fourth-order valence-electron chi connectivity index (χ4n) is 4.67. The summed E-state index contributed by atoms with van der Waals surface area (Å²) in [6.45, 7) is 6.26. The lowest BCUT2D eigenvalue weighted by atomic mass is 9.95. The van der Waals surface area contributed by atoms with E-state index in [0.717, 1.165) is 14.7 Å². The summed E-state index contributed by atoms with van der Waals surface area (Å²) in [5, 5.41) is 20.7. The molecule has 12 nitrogen and oxygen atoms in total. The number of esters is 1.